The number of amides is 1. The minimum Gasteiger partial charge on any atom is -0.497 e. The standard InChI is InChI=1S/C11H14NO2P/c1-14-8-4-2-7(3-5-8)9-6-12-11(13)10(9)15/h2-5,9-10H,6,15H2,1H3,(H,12,13)/t9-,10-/m0/s1. The molecule has 0 aliphatic carbocycles. The van der Waals surface area contributed by atoms with Crippen LogP contribution in [0.15, 0.2) is 24.3 Å². The molecule has 3 nitrogen and oxygen atoms in total. The Balaban J connectivity index is 2.19. The first-order chi connectivity index (χ1) is 7.22. The van der Waals surface area contributed by atoms with Gasteiger partial charge in [-0.1, -0.05) is 12.1 Å². The average Bonchev–Trinajstić information content (AvgIpc) is 2.60. The number of hydrogen-bond acceptors (Lipinski definition) is 2. The smallest absolute Gasteiger partial charge is 0.227 e. The Morgan fingerprint density at radius 2 is 2.07 bits per heavy atom. The molecule has 1 N–H and O–H groups in total. The Kier molecular flexibility index (Phi) is 2.92. The van der Waals surface area contributed by atoms with E-state index >= 15 is 0 Å². The predicted molar refractivity (Wildman–Crippen MR) is 62.2 cm³/mol. The zero-order valence-electron chi connectivity index (χ0n) is 8.57. The van der Waals surface area contributed by atoms with Crippen LogP contribution in [-0.2, 0) is 4.79 Å². The molecule has 1 aromatic carbocycles. The van der Waals surface area contributed by atoms with Gasteiger partial charge in [-0.25, -0.2) is 0 Å². The van der Waals surface area contributed by atoms with Crippen LogP contribution in [0.4, 0.5) is 0 Å². The summed E-state index contributed by atoms with van der Waals surface area (Å²) >= 11 is 0. The Hall–Kier alpha value is -1.08. The summed E-state index contributed by atoms with van der Waals surface area (Å²) in [5, 5.41) is 2.86. The maximum absolute atomic E-state index is 11.3. The van der Waals surface area contributed by atoms with Crippen LogP contribution in [0, 0.1) is 0 Å². The van der Waals surface area contributed by atoms with Crippen molar-refractivity contribution in [2.24, 2.45) is 0 Å². The molecule has 0 saturated carbocycles. The van der Waals surface area contributed by atoms with E-state index in [0.717, 1.165) is 12.3 Å². The van der Waals surface area contributed by atoms with E-state index in [4.69, 9.17) is 4.74 Å². The SMILES string of the molecule is COc1ccc([C@@H]2CNC(=O)[C@H]2P)cc1. The molecule has 15 heavy (non-hydrogen) atoms. The largest absolute Gasteiger partial charge is 0.497 e. The van der Waals surface area contributed by atoms with Gasteiger partial charge in [-0.3, -0.25) is 4.79 Å². The van der Waals surface area contributed by atoms with Gasteiger partial charge in [-0.15, -0.1) is 9.24 Å². The van der Waals surface area contributed by atoms with Crippen molar-refractivity contribution in [3.05, 3.63) is 29.8 Å². The Bertz CT molecular complexity index is 363. The average molecular weight is 223 g/mol. The topological polar surface area (TPSA) is 38.3 Å². The summed E-state index contributed by atoms with van der Waals surface area (Å²) in [6, 6.07) is 7.88. The molecule has 1 fully saturated rings. The van der Waals surface area contributed by atoms with E-state index in [0.29, 0.717) is 0 Å². The number of carbonyl (C=O) groups is 1. The van der Waals surface area contributed by atoms with Crippen LogP contribution < -0.4 is 10.1 Å². The molecule has 0 spiro atoms. The van der Waals surface area contributed by atoms with Gasteiger partial charge in [0.25, 0.3) is 0 Å². The highest BCUT2D eigenvalue weighted by molar-refractivity contribution is 7.19. The van der Waals surface area contributed by atoms with Crippen LogP contribution in [0.25, 0.3) is 0 Å². The van der Waals surface area contributed by atoms with Gasteiger partial charge in [-0.2, -0.15) is 0 Å². The van der Waals surface area contributed by atoms with Crippen LogP contribution in [0.3, 0.4) is 0 Å². The summed E-state index contributed by atoms with van der Waals surface area (Å²) < 4.78 is 5.09. The maximum Gasteiger partial charge on any atom is 0.227 e. The molecular weight excluding hydrogens is 209 g/mol. The van der Waals surface area contributed by atoms with Gasteiger partial charge < -0.3 is 10.1 Å². The van der Waals surface area contributed by atoms with Crippen molar-refractivity contribution in [3.63, 3.8) is 0 Å². The third-order valence-corrected chi connectivity index (χ3v) is 3.54. The third-order valence-electron chi connectivity index (χ3n) is 2.78. The number of ether oxygens (including phenoxy) is 1. The Morgan fingerprint density at radius 3 is 2.53 bits per heavy atom. The monoisotopic (exact) mass is 223 g/mol. The highest BCUT2D eigenvalue weighted by atomic mass is 31.0. The summed E-state index contributed by atoms with van der Waals surface area (Å²) in [7, 11) is 4.25. The maximum atomic E-state index is 11.3. The molecule has 80 valence electrons. The lowest BCUT2D eigenvalue weighted by Gasteiger charge is -2.12. The first-order valence-electron chi connectivity index (χ1n) is 4.89. The fraction of sp³-hybridized carbons (Fsp3) is 0.364. The van der Waals surface area contributed by atoms with Crippen molar-refractivity contribution in [1.82, 2.24) is 5.32 Å². The van der Waals surface area contributed by atoms with Crippen LogP contribution >= 0.6 is 9.24 Å². The second kappa shape index (κ2) is 4.19. The van der Waals surface area contributed by atoms with E-state index in [2.05, 4.69) is 14.6 Å². The second-order valence-electron chi connectivity index (χ2n) is 3.65. The molecule has 1 aliphatic heterocycles. The molecule has 1 amide bonds. The lowest BCUT2D eigenvalue weighted by atomic mass is 9.98. The molecule has 4 heteroatoms. The lowest BCUT2D eigenvalue weighted by Crippen LogP contribution is -2.18. The van der Waals surface area contributed by atoms with Crippen molar-refractivity contribution in [2.45, 2.75) is 11.6 Å². The molecule has 1 unspecified atom stereocenters. The van der Waals surface area contributed by atoms with Crippen LogP contribution in [0.5, 0.6) is 5.75 Å². The summed E-state index contributed by atoms with van der Waals surface area (Å²) in [6.07, 6.45) is 0. The van der Waals surface area contributed by atoms with Crippen molar-refractivity contribution >= 4 is 15.1 Å². The molecular formula is C11H14NO2P. The van der Waals surface area contributed by atoms with E-state index in [-0.39, 0.29) is 17.5 Å². The van der Waals surface area contributed by atoms with Crippen molar-refractivity contribution in [1.29, 1.82) is 0 Å². The highest BCUT2D eigenvalue weighted by Crippen LogP contribution is 2.29. The molecule has 1 aliphatic rings. The van der Waals surface area contributed by atoms with Gasteiger partial charge in [0.2, 0.25) is 5.91 Å². The quantitative estimate of drug-likeness (QED) is 0.764. The molecule has 0 radical (unpaired) electrons. The molecule has 1 heterocycles. The molecule has 2 rings (SSSR count). The zero-order valence-corrected chi connectivity index (χ0v) is 9.72. The van der Waals surface area contributed by atoms with Gasteiger partial charge >= 0.3 is 0 Å². The number of rotatable bonds is 2. The summed E-state index contributed by atoms with van der Waals surface area (Å²) in [4.78, 5) is 11.3. The van der Waals surface area contributed by atoms with E-state index in [1.165, 1.54) is 5.56 Å². The van der Waals surface area contributed by atoms with Gasteiger partial charge in [0.15, 0.2) is 0 Å². The lowest BCUT2D eigenvalue weighted by molar-refractivity contribution is -0.118. The first kappa shape index (κ1) is 10.4. The van der Waals surface area contributed by atoms with Crippen LogP contribution in [0.2, 0.25) is 0 Å². The van der Waals surface area contributed by atoms with E-state index in [1.807, 2.05) is 24.3 Å². The predicted octanol–water partition coefficient (Wildman–Crippen LogP) is 1.15. The number of nitrogens with one attached hydrogen (secondary N) is 1. The third kappa shape index (κ3) is 1.98. The molecule has 1 saturated heterocycles. The van der Waals surface area contributed by atoms with E-state index in [1.54, 1.807) is 7.11 Å². The molecule has 0 aromatic heterocycles. The minimum atomic E-state index is -0.0154. The van der Waals surface area contributed by atoms with Crippen molar-refractivity contribution < 1.29 is 9.53 Å². The Morgan fingerprint density at radius 1 is 1.40 bits per heavy atom. The normalized spacial score (nSPS) is 25.1. The fourth-order valence-corrected chi connectivity index (χ4v) is 2.29. The van der Waals surface area contributed by atoms with Gasteiger partial charge in [0.1, 0.15) is 5.75 Å². The summed E-state index contributed by atoms with van der Waals surface area (Å²) in [5.74, 6) is 1.21. The summed E-state index contributed by atoms with van der Waals surface area (Å²) in [6.45, 7) is 0.722. The van der Waals surface area contributed by atoms with E-state index in [9.17, 15) is 4.79 Å². The number of benzene rings is 1. The minimum absolute atomic E-state index is 0.0154. The number of hydrogen-bond donors (Lipinski definition) is 1. The fourth-order valence-electron chi connectivity index (χ4n) is 1.81. The van der Waals surface area contributed by atoms with Gasteiger partial charge in [0.05, 0.1) is 12.8 Å². The second-order valence-corrected chi connectivity index (χ2v) is 4.37. The Labute approximate surface area is 91.4 Å². The van der Waals surface area contributed by atoms with Crippen molar-refractivity contribution in [3.8, 4) is 5.75 Å². The summed E-state index contributed by atoms with van der Waals surface area (Å²) in [5.41, 5.74) is 1.16. The highest BCUT2D eigenvalue weighted by Gasteiger charge is 2.31. The molecule has 0 bridgehead atoms. The van der Waals surface area contributed by atoms with Gasteiger partial charge in [-0.05, 0) is 17.7 Å². The molecule has 1 aromatic rings. The van der Waals surface area contributed by atoms with Crippen LogP contribution in [0.1, 0.15) is 11.5 Å². The first-order valence-corrected chi connectivity index (χ1v) is 5.56. The zero-order chi connectivity index (χ0) is 10.8. The van der Waals surface area contributed by atoms with Crippen molar-refractivity contribution in [2.75, 3.05) is 13.7 Å². The van der Waals surface area contributed by atoms with Crippen LogP contribution in [-0.4, -0.2) is 25.2 Å². The van der Waals surface area contributed by atoms with Gasteiger partial charge in [0, 0.05) is 12.5 Å². The van der Waals surface area contributed by atoms with E-state index < -0.39 is 0 Å². The number of carbonyl (C=O) groups excluding carboxylic acids is 1. The molecule has 3 atom stereocenters. The number of methoxy groups -OCH3 is 1.